The van der Waals surface area contributed by atoms with Crippen molar-refractivity contribution in [1.29, 1.82) is 0 Å². The van der Waals surface area contributed by atoms with E-state index >= 15 is 0 Å². The minimum Gasteiger partial charge on any atom is -0.407 e. The van der Waals surface area contributed by atoms with Crippen molar-refractivity contribution in [2.45, 2.75) is 50.8 Å². The third-order valence-corrected chi connectivity index (χ3v) is 12.7. The van der Waals surface area contributed by atoms with Gasteiger partial charge in [0.05, 0.1) is 6.10 Å². The molecule has 36 heavy (non-hydrogen) atoms. The fourth-order valence-electron chi connectivity index (χ4n) is 5.96. The number of aromatic amines is 1. The highest BCUT2D eigenvalue weighted by Gasteiger charge is 2.51. The number of hydrogen-bond donors (Lipinski definition) is 2. The highest BCUT2D eigenvalue weighted by atomic mass is 28.4. The van der Waals surface area contributed by atoms with E-state index in [1.54, 1.807) is 0 Å². The summed E-state index contributed by atoms with van der Waals surface area (Å²) >= 11 is 0. The van der Waals surface area contributed by atoms with E-state index in [-0.39, 0.29) is 23.1 Å². The number of rotatable bonds is 8. The van der Waals surface area contributed by atoms with Crippen LogP contribution in [0.25, 0.3) is 10.9 Å². The van der Waals surface area contributed by atoms with E-state index in [1.165, 1.54) is 21.3 Å². The van der Waals surface area contributed by atoms with Gasteiger partial charge in [0.15, 0.2) is 0 Å². The van der Waals surface area contributed by atoms with Crippen LogP contribution in [0.1, 0.15) is 32.8 Å². The Morgan fingerprint density at radius 1 is 0.944 bits per heavy atom. The molecule has 0 aliphatic carbocycles. The van der Waals surface area contributed by atoms with Gasteiger partial charge in [0, 0.05) is 42.3 Å². The Balaban J connectivity index is 1.54. The van der Waals surface area contributed by atoms with Crippen molar-refractivity contribution < 1.29 is 9.16 Å². The zero-order valence-corrected chi connectivity index (χ0v) is 22.6. The van der Waals surface area contributed by atoms with E-state index in [2.05, 4.69) is 117 Å². The second-order valence-corrected chi connectivity index (χ2v) is 15.4. The van der Waals surface area contributed by atoms with Gasteiger partial charge in [-0.1, -0.05) is 99.6 Å². The van der Waals surface area contributed by atoms with Crippen molar-refractivity contribution in [3.05, 3.63) is 96.7 Å². The van der Waals surface area contributed by atoms with Crippen LogP contribution in [-0.4, -0.2) is 38.7 Å². The average molecular weight is 499 g/mol. The second kappa shape index (κ2) is 10.3. The van der Waals surface area contributed by atoms with Gasteiger partial charge in [0.2, 0.25) is 0 Å². The molecular weight excluding hydrogens is 460 g/mol. The zero-order valence-electron chi connectivity index (χ0n) is 21.6. The average Bonchev–Trinajstić information content (AvgIpc) is 3.50. The first kappa shape index (κ1) is 25.0. The molecule has 4 nitrogen and oxygen atoms in total. The van der Waals surface area contributed by atoms with Crippen molar-refractivity contribution in [2.75, 3.05) is 13.2 Å². The van der Waals surface area contributed by atoms with E-state index in [4.69, 9.17) is 14.9 Å². The van der Waals surface area contributed by atoms with Gasteiger partial charge < -0.3 is 19.9 Å². The maximum Gasteiger partial charge on any atom is 0.261 e. The summed E-state index contributed by atoms with van der Waals surface area (Å²) in [6.07, 6.45) is 3.88. The van der Waals surface area contributed by atoms with Crippen LogP contribution < -0.4 is 16.1 Å². The van der Waals surface area contributed by atoms with Crippen LogP contribution in [0.15, 0.2) is 91.1 Å². The van der Waals surface area contributed by atoms with Crippen molar-refractivity contribution in [1.82, 2.24) is 4.98 Å². The van der Waals surface area contributed by atoms with Crippen LogP contribution in [0.4, 0.5) is 0 Å². The van der Waals surface area contributed by atoms with E-state index in [1.807, 2.05) is 0 Å². The summed E-state index contributed by atoms with van der Waals surface area (Å²) in [4.78, 5) is 3.44. The maximum absolute atomic E-state index is 7.34. The number of nitrogens with two attached hydrogens (primary N) is 1. The van der Waals surface area contributed by atoms with Gasteiger partial charge in [-0.05, 0) is 39.9 Å². The van der Waals surface area contributed by atoms with Crippen molar-refractivity contribution >= 4 is 29.6 Å². The van der Waals surface area contributed by atoms with Gasteiger partial charge in [0.25, 0.3) is 8.32 Å². The lowest BCUT2D eigenvalue weighted by Crippen LogP contribution is -2.67. The highest BCUT2D eigenvalue weighted by Crippen LogP contribution is 2.38. The Bertz CT molecular complexity index is 1230. The van der Waals surface area contributed by atoms with E-state index in [0.717, 1.165) is 25.0 Å². The molecule has 5 rings (SSSR count). The molecule has 188 valence electrons. The number of nitrogens with one attached hydrogen (secondary N) is 1. The first-order chi connectivity index (χ1) is 17.4. The number of aromatic nitrogens is 1. The monoisotopic (exact) mass is 498 g/mol. The maximum atomic E-state index is 7.34. The number of benzene rings is 3. The highest BCUT2D eigenvalue weighted by molar-refractivity contribution is 6.99. The van der Waals surface area contributed by atoms with Crippen LogP contribution >= 0.6 is 0 Å². The fraction of sp³-hybridized carbons (Fsp3) is 0.355. The van der Waals surface area contributed by atoms with Crippen LogP contribution in [0, 0.1) is 5.92 Å². The molecule has 1 fully saturated rings. The summed E-state index contributed by atoms with van der Waals surface area (Å²) < 4.78 is 13.6. The lowest BCUT2D eigenvalue weighted by molar-refractivity contribution is 0.0337. The molecule has 0 bridgehead atoms. The number of ether oxygens (including phenoxy) is 1. The minimum atomic E-state index is -2.64. The second-order valence-electron chi connectivity index (χ2n) is 11.1. The molecule has 3 N–H and O–H groups in total. The molecule has 2 unspecified atom stereocenters. The summed E-state index contributed by atoms with van der Waals surface area (Å²) in [7, 11) is -2.64. The van der Waals surface area contributed by atoms with Gasteiger partial charge in [-0.3, -0.25) is 0 Å². The summed E-state index contributed by atoms with van der Waals surface area (Å²) in [6.45, 7) is 8.30. The molecule has 0 spiro atoms. The summed E-state index contributed by atoms with van der Waals surface area (Å²) in [6, 6.07) is 30.2. The normalized spacial score (nSPS) is 19.6. The Labute approximate surface area is 216 Å². The molecule has 3 atom stereocenters. The van der Waals surface area contributed by atoms with Crippen LogP contribution in [0.3, 0.4) is 0 Å². The molecule has 1 saturated heterocycles. The molecule has 3 aromatic carbocycles. The van der Waals surface area contributed by atoms with Gasteiger partial charge in [-0.2, -0.15) is 0 Å². The van der Waals surface area contributed by atoms with Crippen molar-refractivity contribution in [2.24, 2.45) is 11.7 Å². The summed E-state index contributed by atoms with van der Waals surface area (Å²) in [5.74, 6) is 0.156. The lowest BCUT2D eigenvalue weighted by atomic mass is 9.91. The summed E-state index contributed by atoms with van der Waals surface area (Å²) in [5, 5.41) is 3.79. The number of para-hydroxylation sites is 1. The minimum absolute atomic E-state index is 0.0168. The van der Waals surface area contributed by atoms with E-state index in [9.17, 15) is 0 Å². The Morgan fingerprint density at radius 3 is 2.14 bits per heavy atom. The largest absolute Gasteiger partial charge is 0.407 e. The fourth-order valence-corrected chi connectivity index (χ4v) is 10.6. The predicted octanol–water partition coefficient (Wildman–Crippen LogP) is 5.02. The molecule has 1 aliphatic rings. The molecule has 5 heteroatoms. The quantitative estimate of drug-likeness (QED) is 0.335. The van der Waals surface area contributed by atoms with Crippen LogP contribution in [-0.2, 0) is 15.6 Å². The van der Waals surface area contributed by atoms with Gasteiger partial charge in [-0.15, -0.1) is 0 Å². The Morgan fingerprint density at radius 2 is 1.56 bits per heavy atom. The molecular formula is C31H38N2O2Si. The lowest BCUT2D eigenvalue weighted by Gasteiger charge is -2.44. The topological polar surface area (TPSA) is 60.3 Å². The summed E-state index contributed by atoms with van der Waals surface area (Å²) in [5.41, 5.74) is 9.05. The first-order valence-electron chi connectivity index (χ1n) is 13.1. The molecule has 1 aliphatic heterocycles. The molecule has 0 saturated carbocycles. The van der Waals surface area contributed by atoms with Crippen LogP contribution in [0.5, 0.6) is 0 Å². The number of hydrogen-bond acceptors (Lipinski definition) is 3. The zero-order chi connectivity index (χ0) is 25.2. The van der Waals surface area contributed by atoms with Crippen molar-refractivity contribution in [3.63, 3.8) is 0 Å². The standard InChI is InChI=1S/C31H38N2O2Si/c1-31(2,3)36(25-12-6-4-7-13-25,26-14-8-5-9-15-26)35-22-24(30-28(32)18-19-34-30)20-23-21-33-29-17-11-10-16-27(23)29/h4-17,21,24,28,30,33H,18-20,22,32H2,1-3H3/t24-,28?,30?/m0/s1. The smallest absolute Gasteiger partial charge is 0.261 e. The van der Waals surface area contributed by atoms with Gasteiger partial charge >= 0.3 is 0 Å². The molecule has 4 aromatic rings. The third-order valence-electron chi connectivity index (χ3n) is 7.74. The molecule has 0 amide bonds. The van der Waals surface area contributed by atoms with Gasteiger partial charge in [0.1, 0.15) is 0 Å². The molecule has 2 heterocycles. The van der Waals surface area contributed by atoms with Crippen molar-refractivity contribution in [3.8, 4) is 0 Å². The van der Waals surface area contributed by atoms with E-state index < -0.39 is 8.32 Å². The molecule has 1 aromatic heterocycles. The SMILES string of the molecule is CC(C)(C)[Si](OC[C@H](Cc1c[nH]c2ccccc12)C1OCCC1N)(c1ccccc1)c1ccccc1. The van der Waals surface area contributed by atoms with Crippen LogP contribution in [0.2, 0.25) is 5.04 Å². The molecule has 0 radical (unpaired) electrons. The Kier molecular flexibility index (Phi) is 7.18. The third kappa shape index (κ3) is 4.69. The predicted molar refractivity (Wildman–Crippen MR) is 151 cm³/mol. The number of fused-ring (bicyclic) bond motifs is 1. The van der Waals surface area contributed by atoms with Gasteiger partial charge in [-0.25, -0.2) is 0 Å². The number of H-pyrrole nitrogens is 1. The van der Waals surface area contributed by atoms with E-state index in [0.29, 0.717) is 6.61 Å². The Hall–Kier alpha value is -2.70. The first-order valence-corrected chi connectivity index (χ1v) is 15.0.